The lowest BCUT2D eigenvalue weighted by Gasteiger charge is -2.07. The van der Waals surface area contributed by atoms with Crippen molar-refractivity contribution in [2.24, 2.45) is 0 Å². The van der Waals surface area contributed by atoms with Crippen LogP contribution in [0.3, 0.4) is 0 Å². The van der Waals surface area contributed by atoms with Gasteiger partial charge in [-0.3, -0.25) is 4.98 Å². The van der Waals surface area contributed by atoms with Gasteiger partial charge in [-0.15, -0.1) is 11.3 Å². The summed E-state index contributed by atoms with van der Waals surface area (Å²) >= 11 is 1.68. The highest BCUT2D eigenvalue weighted by Crippen LogP contribution is 2.22. The minimum atomic E-state index is -0.279. The van der Waals surface area contributed by atoms with Gasteiger partial charge in [0, 0.05) is 20.8 Å². The number of aryl methyl sites for hydroxylation is 1. The van der Waals surface area contributed by atoms with E-state index >= 15 is 0 Å². The summed E-state index contributed by atoms with van der Waals surface area (Å²) in [5, 5.41) is 2.38. The van der Waals surface area contributed by atoms with Crippen LogP contribution in [0.15, 0.2) is 42.5 Å². The number of nitrogens with zero attached hydrogens (tertiary/aromatic N) is 1. The monoisotopic (exact) mass is 281 g/mol. The van der Waals surface area contributed by atoms with Crippen molar-refractivity contribution in [2.75, 3.05) is 0 Å². The topological polar surface area (TPSA) is 12.9 Å². The lowest BCUT2D eigenvalue weighted by Crippen LogP contribution is -2.25. The molecule has 3 aromatic rings. The van der Waals surface area contributed by atoms with Gasteiger partial charge in [-0.05, 0) is 54.3 Å². The molecule has 0 aliphatic heterocycles. The molecule has 0 N–H and O–H groups in total. The maximum atomic E-state index is 8.20. The molecule has 1 nitrogen and oxygen atoms in total. The van der Waals surface area contributed by atoms with E-state index in [0.29, 0.717) is 5.69 Å². The average molecular weight is 281 g/mol. The molecule has 98 valence electrons. The Labute approximate surface area is 127 Å². The summed E-state index contributed by atoms with van der Waals surface area (Å²) in [5.74, 6) is 0. The number of thiophene rings is 1. The number of aromatic nitrogens is 1. The average Bonchev–Trinajstić information content (AvgIpc) is 2.93. The highest BCUT2D eigenvalue weighted by Gasteiger charge is 2.12. The molecular formula is C18H15NS. The second-order valence-electron chi connectivity index (χ2n) is 5.01. The molecule has 0 atom stereocenters. The zero-order valence-electron chi connectivity index (χ0n) is 15.1. The molecule has 0 spiro atoms. The minimum Gasteiger partial charge on any atom is -0.257 e. The van der Waals surface area contributed by atoms with Crippen LogP contribution in [0.2, 0.25) is 0 Å². The van der Waals surface area contributed by atoms with Crippen LogP contribution in [0.5, 0.6) is 0 Å². The SMILES string of the molecule is [2H]c1nc(C2=c3sc4cc(C)ccc4c3=CCC2)c([2H])c([2H])c1[2H]. The van der Waals surface area contributed by atoms with Crippen LogP contribution in [0.4, 0.5) is 0 Å². The number of pyridine rings is 1. The third kappa shape index (κ3) is 1.80. The second kappa shape index (κ2) is 4.57. The molecule has 20 heavy (non-hydrogen) atoms. The predicted molar refractivity (Wildman–Crippen MR) is 86.3 cm³/mol. The van der Waals surface area contributed by atoms with Gasteiger partial charge in [0.15, 0.2) is 0 Å². The molecule has 1 aliphatic rings. The quantitative estimate of drug-likeness (QED) is 0.666. The standard InChI is InChI=1S/C18H15NS/c1-12-8-9-13-14-5-4-6-15(16-7-2-3-10-19-16)18(14)20-17(13)11-12/h2-3,5,7-11H,4,6H2,1H3/i2D,3D,7D,10D. The van der Waals surface area contributed by atoms with Gasteiger partial charge in [0.25, 0.3) is 0 Å². The Kier molecular flexibility index (Phi) is 1.91. The van der Waals surface area contributed by atoms with Crippen LogP contribution in [-0.2, 0) is 0 Å². The van der Waals surface area contributed by atoms with Gasteiger partial charge in [0.1, 0.15) is 0 Å². The van der Waals surface area contributed by atoms with E-state index in [1.807, 2.05) is 0 Å². The number of benzene rings is 1. The largest absolute Gasteiger partial charge is 0.257 e. The first-order chi connectivity index (χ1) is 11.5. The molecule has 0 saturated heterocycles. The van der Waals surface area contributed by atoms with Crippen LogP contribution < -0.4 is 9.75 Å². The first kappa shape index (κ1) is 8.38. The maximum absolute atomic E-state index is 8.20. The summed E-state index contributed by atoms with van der Waals surface area (Å²) in [6.07, 6.45) is 3.59. The van der Waals surface area contributed by atoms with Gasteiger partial charge in [0.05, 0.1) is 11.2 Å². The molecule has 0 amide bonds. The van der Waals surface area contributed by atoms with Gasteiger partial charge >= 0.3 is 0 Å². The summed E-state index contributed by atoms with van der Waals surface area (Å²) in [6.45, 7) is 2.07. The molecule has 4 rings (SSSR count). The van der Waals surface area contributed by atoms with Crippen LogP contribution in [0.1, 0.15) is 29.6 Å². The van der Waals surface area contributed by atoms with E-state index in [9.17, 15) is 0 Å². The predicted octanol–water partition coefficient (Wildman–Crippen LogP) is 3.38. The Bertz CT molecular complexity index is 1110. The molecule has 2 heterocycles. The van der Waals surface area contributed by atoms with Crippen LogP contribution in [0.25, 0.3) is 21.7 Å². The van der Waals surface area contributed by atoms with Crippen molar-refractivity contribution in [1.29, 1.82) is 0 Å². The van der Waals surface area contributed by atoms with E-state index < -0.39 is 0 Å². The summed E-state index contributed by atoms with van der Waals surface area (Å²) in [4.78, 5) is 4.17. The Morgan fingerprint density at radius 2 is 2.25 bits per heavy atom. The van der Waals surface area contributed by atoms with Crippen molar-refractivity contribution in [1.82, 2.24) is 4.98 Å². The number of hydrogen-bond donors (Lipinski definition) is 0. The minimum absolute atomic E-state index is 0.0486. The lowest BCUT2D eigenvalue weighted by molar-refractivity contribution is 1.07. The molecule has 0 radical (unpaired) electrons. The molecule has 0 bridgehead atoms. The lowest BCUT2D eigenvalue weighted by atomic mass is 10.00. The van der Waals surface area contributed by atoms with E-state index in [0.717, 1.165) is 22.9 Å². The summed E-state index contributed by atoms with van der Waals surface area (Å²) in [5.41, 5.74) is 2.53. The number of rotatable bonds is 1. The third-order valence-electron chi connectivity index (χ3n) is 3.65. The summed E-state index contributed by atoms with van der Waals surface area (Å²) in [7, 11) is 0. The fraction of sp³-hybridized carbons (Fsp3) is 0.167. The highest BCUT2D eigenvalue weighted by atomic mass is 32.1. The van der Waals surface area contributed by atoms with Crippen LogP contribution in [-0.4, -0.2) is 4.98 Å². The first-order valence-corrected chi connectivity index (χ1v) is 7.46. The van der Waals surface area contributed by atoms with E-state index in [-0.39, 0.29) is 24.3 Å². The Morgan fingerprint density at radius 3 is 3.20 bits per heavy atom. The summed E-state index contributed by atoms with van der Waals surface area (Å²) in [6, 6.07) is 5.85. The zero-order chi connectivity index (χ0) is 17.0. The van der Waals surface area contributed by atoms with Crippen molar-refractivity contribution < 1.29 is 5.48 Å². The van der Waals surface area contributed by atoms with Crippen molar-refractivity contribution in [3.63, 3.8) is 0 Å². The number of fused-ring (bicyclic) bond motifs is 3. The maximum Gasteiger partial charge on any atom is 0.0840 e. The fourth-order valence-electron chi connectivity index (χ4n) is 2.72. The molecule has 1 aromatic carbocycles. The molecule has 0 fully saturated rings. The Hall–Kier alpha value is -1.93. The van der Waals surface area contributed by atoms with Crippen molar-refractivity contribution in [2.45, 2.75) is 19.8 Å². The molecule has 2 aromatic heterocycles. The molecular weight excluding hydrogens is 262 g/mol. The highest BCUT2D eigenvalue weighted by molar-refractivity contribution is 7.17. The van der Waals surface area contributed by atoms with E-state index in [2.05, 4.69) is 36.2 Å². The molecule has 0 saturated carbocycles. The molecule has 0 unspecified atom stereocenters. The van der Waals surface area contributed by atoms with Crippen molar-refractivity contribution >= 4 is 33.1 Å². The molecule has 1 aliphatic carbocycles. The van der Waals surface area contributed by atoms with Gasteiger partial charge in [-0.25, -0.2) is 0 Å². The van der Waals surface area contributed by atoms with E-state index in [1.165, 1.54) is 20.9 Å². The van der Waals surface area contributed by atoms with Crippen LogP contribution in [0, 0.1) is 6.92 Å². The van der Waals surface area contributed by atoms with Crippen molar-refractivity contribution in [3.8, 4) is 0 Å². The number of hydrogen-bond acceptors (Lipinski definition) is 2. The van der Waals surface area contributed by atoms with Gasteiger partial charge in [0.2, 0.25) is 0 Å². The van der Waals surface area contributed by atoms with Crippen LogP contribution >= 0.6 is 11.3 Å². The first-order valence-electron chi connectivity index (χ1n) is 8.64. The summed E-state index contributed by atoms with van der Waals surface area (Å²) < 4.78 is 33.9. The van der Waals surface area contributed by atoms with Gasteiger partial charge in [-0.2, -0.15) is 0 Å². The zero-order valence-corrected chi connectivity index (χ0v) is 11.9. The fourth-order valence-corrected chi connectivity index (χ4v) is 4.10. The van der Waals surface area contributed by atoms with E-state index in [1.54, 1.807) is 11.3 Å². The van der Waals surface area contributed by atoms with Gasteiger partial charge < -0.3 is 0 Å². The second-order valence-corrected chi connectivity index (χ2v) is 6.07. The smallest absolute Gasteiger partial charge is 0.0840 e. The van der Waals surface area contributed by atoms with Gasteiger partial charge in [-0.1, -0.05) is 24.3 Å². The van der Waals surface area contributed by atoms with E-state index in [4.69, 9.17) is 5.48 Å². The molecule has 2 heteroatoms. The normalized spacial score (nSPS) is 16.9. The third-order valence-corrected chi connectivity index (χ3v) is 4.88. The Morgan fingerprint density at radius 1 is 1.30 bits per heavy atom. The van der Waals surface area contributed by atoms with Crippen molar-refractivity contribution in [3.05, 3.63) is 63.5 Å². The Balaban J connectivity index is 2.13.